The van der Waals surface area contributed by atoms with Gasteiger partial charge < -0.3 is 10.2 Å². The van der Waals surface area contributed by atoms with Crippen LogP contribution in [-0.4, -0.2) is 37.5 Å². The molecule has 2 rings (SSSR count). The molecule has 1 saturated carbocycles. The molecule has 1 aliphatic heterocycles. The molecule has 1 N–H and O–H groups in total. The molecule has 0 radical (unpaired) electrons. The Labute approximate surface area is 85.8 Å². The van der Waals surface area contributed by atoms with E-state index in [9.17, 15) is 4.79 Å². The van der Waals surface area contributed by atoms with E-state index in [0.717, 1.165) is 32.5 Å². The first kappa shape index (κ1) is 9.97. The lowest BCUT2D eigenvalue weighted by Gasteiger charge is -2.30. The van der Waals surface area contributed by atoms with Crippen LogP contribution in [0.3, 0.4) is 0 Å². The van der Waals surface area contributed by atoms with Crippen molar-refractivity contribution in [3.05, 3.63) is 0 Å². The molecule has 1 unspecified atom stereocenters. The van der Waals surface area contributed by atoms with Crippen molar-refractivity contribution in [3.63, 3.8) is 0 Å². The average molecular weight is 196 g/mol. The summed E-state index contributed by atoms with van der Waals surface area (Å²) in [6.45, 7) is 3.15. The lowest BCUT2D eigenvalue weighted by atomic mass is 9.84. The highest BCUT2D eigenvalue weighted by Gasteiger charge is 2.29. The van der Waals surface area contributed by atoms with Gasteiger partial charge in [-0.2, -0.15) is 0 Å². The minimum atomic E-state index is 0.356. The Bertz CT molecular complexity index is 207. The van der Waals surface area contributed by atoms with Crippen LogP contribution in [-0.2, 0) is 4.79 Å². The Hall–Kier alpha value is -0.570. The molecule has 2 fully saturated rings. The molecular formula is C11H20N2O. The predicted molar refractivity (Wildman–Crippen MR) is 56.0 cm³/mol. The van der Waals surface area contributed by atoms with Gasteiger partial charge in [-0.25, -0.2) is 0 Å². The van der Waals surface area contributed by atoms with Gasteiger partial charge >= 0.3 is 0 Å². The lowest BCUT2D eigenvalue weighted by Crippen LogP contribution is -2.39. The third-order valence-electron chi connectivity index (χ3n) is 3.53. The van der Waals surface area contributed by atoms with Gasteiger partial charge in [0.1, 0.15) is 0 Å². The second kappa shape index (κ2) is 4.30. The molecule has 0 aromatic heterocycles. The highest BCUT2D eigenvalue weighted by atomic mass is 16.2. The maximum atomic E-state index is 11.8. The number of nitrogens with zero attached hydrogens (tertiary/aromatic N) is 1. The fourth-order valence-corrected chi connectivity index (χ4v) is 2.31. The van der Waals surface area contributed by atoms with E-state index in [1.54, 1.807) is 0 Å². The van der Waals surface area contributed by atoms with Gasteiger partial charge in [-0.3, -0.25) is 4.79 Å². The minimum Gasteiger partial charge on any atom is -0.345 e. The van der Waals surface area contributed by atoms with Gasteiger partial charge in [0.05, 0.1) is 0 Å². The van der Waals surface area contributed by atoms with Gasteiger partial charge in [0.2, 0.25) is 5.91 Å². The van der Waals surface area contributed by atoms with Crippen molar-refractivity contribution in [2.75, 3.05) is 26.7 Å². The number of nitrogens with one attached hydrogen (secondary N) is 1. The molecule has 14 heavy (non-hydrogen) atoms. The maximum absolute atomic E-state index is 11.8. The fourth-order valence-electron chi connectivity index (χ4n) is 2.31. The van der Waals surface area contributed by atoms with Crippen molar-refractivity contribution < 1.29 is 4.79 Å². The van der Waals surface area contributed by atoms with Crippen LogP contribution >= 0.6 is 0 Å². The second-order valence-electron chi connectivity index (χ2n) is 4.71. The lowest BCUT2D eigenvalue weighted by molar-refractivity contribution is -0.137. The smallest absolute Gasteiger partial charge is 0.225 e. The van der Waals surface area contributed by atoms with Crippen molar-refractivity contribution in [1.29, 1.82) is 0 Å². The summed E-state index contributed by atoms with van der Waals surface area (Å²) in [6.07, 6.45) is 4.70. The molecule has 0 spiro atoms. The van der Waals surface area contributed by atoms with Crippen molar-refractivity contribution in [1.82, 2.24) is 10.2 Å². The summed E-state index contributed by atoms with van der Waals surface area (Å²) < 4.78 is 0. The normalized spacial score (nSPS) is 27.4. The summed E-state index contributed by atoms with van der Waals surface area (Å²) in [4.78, 5) is 13.8. The average Bonchev–Trinajstić information content (AvgIpc) is 2.53. The van der Waals surface area contributed by atoms with E-state index in [0.29, 0.717) is 17.7 Å². The van der Waals surface area contributed by atoms with Gasteiger partial charge in [0.15, 0.2) is 0 Å². The van der Waals surface area contributed by atoms with Gasteiger partial charge in [0, 0.05) is 19.5 Å². The van der Waals surface area contributed by atoms with Crippen LogP contribution in [0, 0.1) is 11.8 Å². The monoisotopic (exact) mass is 196 g/mol. The number of amides is 1. The van der Waals surface area contributed by atoms with Crippen LogP contribution in [0.15, 0.2) is 0 Å². The van der Waals surface area contributed by atoms with E-state index in [-0.39, 0.29) is 0 Å². The fraction of sp³-hybridized carbons (Fsp3) is 0.909. The third kappa shape index (κ3) is 2.08. The molecule has 0 aromatic rings. The quantitative estimate of drug-likeness (QED) is 0.726. The molecule has 1 heterocycles. The largest absolute Gasteiger partial charge is 0.345 e. The molecule has 1 amide bonds. The van der Waals surface area contributed by atoms with Crippen molar-refractivity contribution >= 4 is 5.91 Å². The summed E-state index contributed by atoms with van der Waals surface area (Å²) in [5.41, 5.74) is 0. The SMILES string of the molecule is CN(CC1CCNC1)C(=O)C1CCC1. The van der Waals surface area contributed by atoms with Gasteiger partial charge in [-0.05, 0) is 38.3 Å². The first-order valence-corrected chi connectivity index (χ1v) is 5.73. The topological polar surface area (TPSA) is 32.3 Å². The van der Waals surface area contributed by atoms with Crippen molar-refractivity contribution in [3.8, 4) is 0 Å². The zero-order chi connectivity index (χ0) is 9.97. The molecule has 0 bridgehead atoms. The first-order chi connectivity index (χ1) is 6.77. The van der Waals surface area contributed by atoms with Gasteiger partial charge in [-0.15, -0.1) is 0 Å². The highest BCUT2D eigenvalue weighted by Crippen LogP contribution is 2.28. The maximum Gasteiger partial charge on any atom is 0.225 e. The summed E-state index contributed by atoms with van der Waals surface area (Å²) in [5.74, 6) is 1.42. The van der Waals surface area contributed by atoms with Crippen LogP contribution < -0.4 is 5.32 Å². The Balaban J connectivity index is 1.75. The third-order valence-corrected chi connectivity index (χ3v) is 3.53. The standard InChI is InChI=1S/C11H20N2O/c1-13(8-9-5-6-12-7-9)11(14)10-3-2-4-10/h9-10,12H,2-8H2,1H3. The van der Waals surface area contributed by atoms with Crippen molar-refractivity contribution in [2.24, 2.45) is 11.8 Å². The van der Waals surface area contributed by atoms with Gasteiger partial charge in [0.25, 0.3) is 0 Å². The van der Waals surface area contributed by atoms with Crippen LogP contribution in [0.2, 0.25) is 0 Å². The summed E-state index contributed by atoms with van der Waals surface area (Å²) >= 11 is 0. The molecule has 1 atom stereocenters. The number of carbonyl (C=O) groups excluding carboxylic acids is 1. The zero-order valence-corrected chi connectivity index (χ0v) is 8.96. The van der Waals surface area contributed by atoms with E-state index in [1.807, 2.05) is 11.9 Å². The van der Waals surface area contributed by atoms with Crippen LogP contribution in [0.5, 0.6) is 0 Å². The Morgan fingerprint density at radius 2 is 2.21 bits per heavy atom. The number of hydrogen-bond donors (Lipinski definition) is 1. The molecule has 3 nitrogen and oxygen atoms in total. The molecular weight excluding hydrogens is 176 g/mol. The Kier molecular flexibility index (Phi) is 3.06. The summed E-state index contributed by atoms with van der Waals surface area (Å²) in [5, 5.41) is 3.34. The molecule has 1 saturated heterocycles. The molecule has 3 heteroatoms. The minimum absolute atomic E-state index is 0.356. The van der Waals surface area contributed by atoms with E-state index < -0.39 is 0 Å². The summed E-state index contributed by atoms with van der Waals surface area (Å²) in [6, 6.07) is 0. The molecule has 2 aliphatic rings. The Morgan fingerprint density at radius 1 is 1.43 bits per heavy atom. The molecule has 80 valence electrons. The van der Waals surface area contributed by atoms with E-state index in [4.69, 9.17) is 0 Å². The van der Waals surface area contributed by atoms with E-state index in [1.165, 1.54) is 12.8 Å². The molecule has 1 aliphatic carbocycles. The van der Waals surface area contributed by atoms with Crippen LogP contribution in [0.4, 0.5) is 0 Å². The number of rotatable bonds is 3. The number of carbonyl (C=O) groups is 1. The first-order valence-electron chi connectivity index (χ1n) is 5.73. The van der Waals surface area contributed by atoms with Crippen molar-refractivity contribution in [2.45, 2.75) is 25.7 Å². The zero-order valence-electron chi connectivity index (χ0n) is 8.96. The summed E-state index contributed by atoms with van der Waals surface area (Å²) in [7, 11) is 1.96. The van der Waals surface area contributed by atoms with Gasteiger partial charge in [-0.1, -0.05) is 6.42 Å². The predicted octanol–water partition coefficient (Wildman–Crippen LogP) is 0.854. The molecule has 0 aromatic carbocycles. The highest BCUT2D eigenvalue weighted by molar-refractivity contribution is 5.79. The van der Waals surface area contributed by atoms with E-state index >= 15 is 0 Å². The van der Waals surface area contributed by atoms with E-state index in [2.05, 4.69) is 5.32 Å². The van der Waals surface area contributed by atoms with Crippen LogP contribution in [0.1, 0.15) is 25.7 Å². The Morgan fingerprint density at radius 3 is 2.71 bits per heavy atom. The van der Waals surface area contributed by atoms with Crippen LogP contribution in [0.25, 0.3) is 0 Å². The second-order valence-corrected chi connectivity index (χ2v) is 4.71. The number of hydrogen-bond acceptors (Lipinski definition) is 2.